The van der Waals surface area contributed by atoms with Crippen molar-refractivity contribution in [1.82, 2.24) is 0 Å². The Morgan fingerprint density at radius 1 is 1.14 bits per heavy atom. The van der Waals surface area contributed by atoms with Gasteiger partial charge in [-0.2, -0.15) is 5.26 Å². The maximum Gasteiger partial charge on any atom is 0.263 e. The Bertz CT molecular complexity index is 843. The third-order valence-electron chi connectivity index (χ3n) is 2.72. The SMILES string of the molecule is Cc1ccc(S(=O)(=O)Nc2cc(Br)ccc2C#N)c(Br)c1. The molecule has 7 heteroatoms. The topological polar surface area (TPSA) is 70.0 Å². The number of halogens is 2. The molecule has 0 atom stereocenters. The molecule has 0 saturated carbocycles. The summed E-state index contributed by atoms with van der Waals surface area (Å²) in [5.41, 5.74) is 1.44. The van der Waals surface area contributed by atoms with Crippen molar-refractivity contribution in [2.75, 3.05) is 4.72 Å². The van der Waals surface area contributed by atoms with Gasteiger partial charge in [0.15, 0.2) is 0 Å². The average Bonchev–Trinajstić information content (AvgIpc) is 2.37. The summed E-state index contributed by atoms with van der Waals surface area (Å²) in [4.78, 5) is 0.122. The summed E-state index contributed by atoms with van der Waals surface area (Å²) < 4.78 is 28.5. The summed E-state index contributed by atoms with van der Waals surface area (Å²) in [6.07, 6.45) is 0. The third-order valence-corrected chi connectivity index (χ3v) is 5.56. The van der Waals surface area contributed by atoms with Crippen LogP contribution in [0, 0.1) is 18.3 Å². The highest BCUT2D eigenvalue weighted by atomic mass is 79.9. The molecule has 0 amide bonds. The number of nitriles is 1. The minimum Gasteiger partial charge on any atom is -0.278 e. The number of hydrogen-bond donors (Lipinski definition) is 1. The number of hydrogen-bond acceptors (Lipinski definition) is 3. The van der Waals surface area contributed by atoms with Crippen LogP contribution >= 0.6 is 31.9 Å². The van der Waals surface area contributed by atoms with Gasteiger partial charge in [-0.25, -0.2) is 8.42 Å². The van der Waals surface area contributed by atoms with Gasteiger partial charge >= 0.3 is 0 Å². The quantitative estimate of drug-likeness (QED) is 0.794. The van der Waals surface area contributed by atoms with E-state index in [4.69, 9.17) is 5.26 Å². The standard InChI is InChI=1S/C14H10Br2N2O2S/c1-9-2-5-14(12(16)6-9)21(19,20)18-13-7-11(15)4-3-10(13)8-17/h2-7,18H,1H3. The van der Waals surface area contributed by atoms with Crippen LogP contribution in [0.2, 0.25) is 0 Å². The van der Waals surface area contributed by atoms with Gasteiger partial charge in [0.2, 0.25) is 0 Å². The average molecular weight is 430 g/mol. The summed E-state index contributed by atoms with van der Waals surface area (Å²) in [6, 6.07) is 11.7. The van der Waals surface area contributed by atoms with Gasteiger partial charge in [-0.3, -0.25) is 4.72 Å². The molecule has 0 aliphatic carbocycles. The number of rotatable bonds is 3. The monoisotopic (exact) mass is 428 g/mol. The number of anilines is 1. The van der Waals surface area contributed by atoms with E-state index in [1.54, 1.807) is 30.3 Å². The molecule has 0 aromatic heterocycles. The number of sulfonamides is 1. The Morgan fingerprint density at radius 3 is 2.48 bits per heavy atom. The maximum absolute atomic E-state index is 12.4. The van der Waals surface area contributed by atoms with Crippen LogP contribution in [-0.4, -0.2) is 8.42 Å². The molecule has 2 rings (SSSR count). The molecule has 0 fully saturated rings. The molecule has 4 nitrogen and oxygen atoms in total. The molecule has 0 aliphatic rings. The lowest BCUT2D eigenvalue weighted by Crippen LogP contribution is -2.14. The van der Waals surface area contributed by atoms with E-state index in [0.717, 1.165) is 5.56 Å². The number of aryl methyl sites for hydroxylation is 1. The molecule has 2 aromatic carbocycles. The first-order chi connectivity index (χ1) is 9.83. The highest BCUT2D eigenvalue weighted by Gasteiger charge is 2.19. The molecular formula is C14H10Br2N2O2S. The predicted molar refractivity (Wildman–Crippen MR) is 88.5 cm³/mol. The summed E-state index contributed by atoms with van der Waals surface area (Å²) in [6.45, 7) is 1.87. The third kappa shape index (κ3) is 3.64. The summed E-state index contributed by atoms with van der Waals surface area (Å²) in [7, 11) is -3.78. The lowest BCUT2D eigenvalue weighted by Gasteiger charge is -2.11. The van der Waals surface area contributed by atoms with Crippen LogP contribution in [0.3, 0.4) is 0 Å². The Morgan fingerprint density at radius 2 is 1.86 bits per heavy atom. The molecule has 108 valence electrons. The van der Waals surface area contributed by atoms with E-state index in [0.29, 0.717) is 8.95 Å². The summed E-state index contributed by atoms with van der Waals surface area (Å²) >= 11 is 6.51. The van der Waals surface area contributed by atoms with E-state index in [2.05, 4.69) is 36.6 Å². The minimum atomic E-state index is -3.78. The van der Waals surface area contributed by atoms with Gasteiger partial charge in [0.25, 0.3) is 10.0 Å². The largest absolute Gasteiger partial charge is 0.278 e. The van der Waals surface area contributed by atoms with E-state index < -0.39 is 10.0 Å². The van der Waals surface area contributed by atoms with Crippen molar-refractivity contribution in [2.24, 2.45) is 0 Å². The Labute approximate surface area is 140 Å². The predicted octanol–water partition coefficient (Wildman–Crippen LogP) is 4.19. The molecule has 0 heterocycles. The highest BCUT2D eigenvalue weighted by molar-refractivity contribution is 9.10. The second-order valence-corrected chi connectivity index (χ2v) is 7.76. The zero-order valence-corrected chi connectivity index (χ0v) is 14.9. The van der Waals surface area contributed by atoms with E-state index in [1.807, 2.05) is 13.0 Å². The van der Waals surface area contributed by atoms with E-state index in [1.165, 1.54) is 6.07 Å². The summed E-state index contributed by atoms with van der Waals surface area (Å²) in [5.74, 6) is 0. The second kappa shape index (κ2) is 6.18. The zero-order chi connectivity index (χ0) is 15.6. The first-order valence-electron chi connectivity index (χ1n) is 5.82. The number of nitrogens with one attached hydrogen (secondary N) is 1. The van der Waals surface area contributed by atoms with Gasteiger partial charge in [-0.1, -0.05) is 22.0 Å². The fourth-order valence-corrected chi connectivity index (χ4v) is 4.35. The van der Waals surface area contributed by atoms with Gasteiger partial charge in [0.05, 0.1) is 11.3 Å². The molecule has 21 heavy (non-hydrogen) atoms. The van der Waals surface area contributed by atoms with Crippen molar-refractivity contribution in [1.29, 1.82) is 5.26 Å². The molecular weight excluding hydrogens is 420 g/mol. The summed E-state index contributed by atoms with van der Waals surface area (Å²) in [5, 5.41) is 9.06. The van der Waals surface area contributed by atoms with Crippen LogP contribution in [0.5, 0.6) is 0 Å². The van der Waals surface area contributed by atoms with Crippen molar-refractivity contribution >= 4 is 47.6 Å². The van der Waals surface area contributed by atoms with Crippen LogP contribution in [0.15, 0.2) is 50.2 Å². The van der Waals surface area contributed by atoms with Crippen LogP contribution in [0.25, 0.3) is 0 Å². The van der Waals surface area contributed by atoms with Crippen LogP contribution in [0.4, 0.5) is 5.69 Å². The van der Waals surface area contributed by atoms with Gasteiger partial charge in [-0.05, 0) is 58.7 Å². The van der Waals surface area contributed by atoms with Crippen molar-refractivity contribution in [3.63, 3.8) is 0 Å². The van der Waals surface area contributed by atoms with Gasteiger partial charge in [0, 0.05) is 8.95 Å². The number of benzene rings is 2. The van der Waals surface area contributed by atoms with Gasteiger partial charge in [0.1, 0.15) is 11.0 Å². The lowest BCUT2D eigenvalue weighted by atomic mass is 10.2. The first-order valence-corrected chi connectivity index (χ1v) is 8.89. The molecule has 0 saturated heterocycles. The Balaban J connectivity index is 2.47. The molecule has 0 radical (unpaired) electrons. The van der Waals surface area contributed by atoms with Crippen molar-refractivity contribution in [3.8, 4) is 6.07 Å². The second-order valence-electron chi connectivity index (χ2n) is 4.34. The Hall–Kier alpha value is -1.36. The minimum absolute atomic E-state index is 0.122. The van der Waals surface area contributed by atoms with Crippen molar-refractivity contribution in [3.05, 3.63) is 56.5 Å². The van der Waals surface area contributed by atoms with E-state index in [9.17, 15) is 8.42 Å². The first kappa shape index (κ1) is 16.0. The van der Waals surface area contributed by atoms with Crippen LogP contribution in [-0.2, 0) is 10.0 Å². The smallest absolute Gasteiger partial charge is 0.263 e. The Kier molecular flexibility index (Phi) is 4.71. The van der Waals surface area contributed by atoms with E-state index >= 15 is 0 Å². The molecule has 0 spiro atoms. The lowest BCUT2D eigenvalue weighted by molar-refractivity contribution is 0.600. The molecule has 0 unspecified atom stereocenters. The fourth-order valence-electron chi connectivity index (χ4n) is 1.72. The highest BCUT2D eigenvalue weighted by Crippen LogP contribution is 2.27. The van der Waals surface area contributed by atoms with Gasteiger partial charge < -0.3 is 0 Å². The molecule has 1 N–H and O–H groups in total. The van der Waals surface area contributed by atoms with Crippen LogP contribution in [0.1, 0.15) is 11.1 Å². The van der Waals surface area contributed by atoms with Gasteiger partial charge in [-0.15, -0.1) is 0 Å². The number of nitrogens with zero attached hydrogens (tertiary/aromatic N) is 1. The normalized spacial score (nSPS) is 11.0. The fraction of sp³-hybridized carbons (Fsp3) is 0.0714. The van der Waals surface area contributed by atoms with Crippen molar-refractivity contribution < 1.29 is 8.42 Å². The molecule has 0 bridgehead atoms. The van der Waals surface area contributed by atoms with Crippen molar-refractivity contribution in [2.45, 2.75) is 11.8 Å². The molecule has 0 aliphatic heterocycles. The van der Waals surface area contributed by atoms with Crippen LogP contribution < -0.4 is 4.72 Å². The van der Waals surface area contributed by atoms with E-state index in [-0.39, 0.29) is 16.1 Å². The zero-order valence-electron chi connectivity index (χ0n) is 10.9. The molecule has 2 aromatic rings. The maximum atomic E-state index is 12.4.